The molecular weight excluding hydrogens is 414 g/mol. The molecule has 1 aliphatic heterocycles. The van der Waals surface area contributed by atoms with E-state index in [4.69, 9.17) is 4.42 Å². The van der Waals surface area contributed by atoms with Crippen LogP contribution in [0, 0.1) is 0 Å². The Kier molecular flexibility index (Phi) is 7.51. The van der Waals surface area contributed by atoms with Gasteiger partial charge in [-0.1, -0.05) is 60.7 Å². The number of hydrogen-bond donors (Lipinski definition) is 1. The summed E-state index contributed by atoms with van der Waals surface area (Å²) in [7, 11) is 0. The van der Waals surface area contributed by atoms with Crippen molar-refractivity contribution >= 4 is 24.0 Å². The third kappa shape index (κ3) is 6.30. The normalized spacial score (nSPS) is 15.0. The molecule has 0 atom stereocenters. The second-order valence-corrected chi connectivity index (χ2v) is 7.80. The van der Waals surface area contributed by atoms with Gasteiger partial charge >= 0.3 is 0 Å². The van der Waals surface area contributed by atoms with Crippen LogP contribution in [-0.4, -0.2) is 54.3 Å². The van der Waals surface area contributed by atoms with Gasteiger partial charge in [-0.2, -0.15) is 0 Å². The molecule has 33 heavy (non-hydrogen) atoms. The molecule has 1 saturated heterocycles. The number of amides is 2. The molecule has 2 heterocycles. The number of carbonyl (C=O) groups excluding carboxylic acids is 2. The Morgan fingerprint density at radius 3 is 2.24 bits per heavy atom. The van der Waals surface area contributed by atoms with Crippen LogP contribution in [0.2, 0.25) is 0 Å². The molecule has 0 saturated carbocycles. The van der Waals surface area contributed by atoms with Gasteiger partial charge in [0.25, 0.3) is 11.8 Å². The van der Waals surface area contributed by atoms with Gasteiger partial charge in [-0.05, 0) is 29.8 Å². The Morgan fingerprint density at radius 2 is 1.58 bits per heavy atom. The van der Waals surface area contributed by atoms with Gasteiger partial charge in [-0.15, -0.1) is 0 Å². The predicted molar refractivity (Wildman–Crippen MR) is 129 cm³/mol. The first-order valence-corrected chi connectivity index (χ1v) is 11.0. The maximum Gasteiger partial charge on any atom is 0.270 e. The molecule has 2 amide bonds. The maximum atomic E-state index is 13.3. The van der Waals surface area contributed by atoms with Crippen LogP contribution >= 0.6 is 0 Å². The minimum absolute atomic E-state index is 0.205. The highest BCUT2D eigenvalue weighted by Crippen LogP contribution is 2.12. The van der Waals surface area contributed by atoms with E-state index in [1.165, 1.54) is 11.8 Å². The fraction of sp³-hybridized carbons (Fsp3) is 0.185. The Bertz CT molecular complexity index is 1100. The van der Waals surface area contributed by atoms with E-state index in [-0.39, 0.29) is 17.5 Å². The monoisotopic (exact) mass is 441 g/mol. The van der Waals surface area contributed by atoms with E-state index in [1.54, 1.807) is 47.4 Å². The van der Waals surface area contributed by atoms with Gasteiger partial charge in [-0.3, -0.25) is 14.5 Å². The van der Waals surface area contributed by atoms with Gasteiger partial charge in [0.2, 0.25) is 0 Å². The van der Waals surface area contributed by atoms with Crippen molar-refractivity contribution in [2.75, 3.05) is 32.7 Å². The van der Waals surface area contributed by atoms with Crippen molar-refractivity contribution in [3.63, 3.8) is 0 Å². The fourth-order valence-corrected chi connectivity index (χ4v) is 3.66. The highest BCUT2D eigenvalue weighted by atomic mass is 16.3. The molecule has 1 N–H and O–H groups in total. The van der Waals surface area contributed by atoms with Crippen LogP contribution in [0.1, 0.15) is 21.7 Å². The third-order valence-electron chi connectivity index (χ3n) is 5.48. The number of furan rings is 1. The number of hydrogen-bond acceptors (Lipinski definition) is 4. The first kappa shape index (κ1) is 22.3. The van der Waals surface area contributed by atoms with Crippen molar-refractivity contribution in [3.05, 3.63) is 108 Å². The molecule has 0 unspecified atom stereocenters. The van der Waals surface area contributed by atoms with E-state index in [9.17, 15) is 9.59 Å². The Hall–Kier alpha value is -3.90. The Morgan fingerprint density at radius 1 is 0.879 bits per heavy atom. The minimum atomic E-state index is -0.327. The Labute approximate surface area is 193 Å². The minimum Gasteiger partial charge on any atom is -0.465 e. The van der Waals surface area contributed by atoms with E-state index in [0.29, 0.717) is 24.4 Å². The SMILES string of the molecule is O=C(NC(=Cc1ccco1)C(=O)N1CCN(CC=Cc2ccccc2)CC1)c1ccccc1. The zero-order valence-electron chi connectivity index (χ0n) is 18.4. The lowest BCUT2D eigenvalue weighted by Gasteiger charge is -2.34. The molecule has 0 aliphatic carbocycles. The number of rotatable bonds is 7. The summed E-state index contributed by atoms with van der Waals surface area (Å²) in [5.41, 5.74) is 1.87. The second-order valence-electron chi connectivity index (χ2n) is 7.80. The van der Waals surface area contributed by atoms with Crippen molar-refractivity contribution in [2.24, 2.45) is 0 Å². The average Bonchev–Trinajstić information content (AvgIpc) is 3.38. The summed E-state index contributed by atoms with van der Waals surface area (Å²) >= 11 is 0. The van der Waals surface area contributed by atoms with Crippen LogP contribution in [0.5, 0.6) is 0 Å². The van der Waals surface area contributed by atoms with Gasteiger partial charge in [0.15, 0.2) is 0 Å². The smallest absolute Gasteiger partial charge is 0.270 e. The summed E-state index contributed by atoms with van der Waals surface area (Å²) in [5, 5.41) is 2.78. The molecule has 3 aromatic rings. The molecule has 0 bridgehead atoms. The van der Waals surface area contributed by atoms with Gasteiger partial charge in [-0.25, -0.2) is 0 Å². The highest BCUT2D eigenvalue weighted by Gasteiger charge is 2.25. The molecule has 0 spiro atoms. The first-order chi connectivity index (χ1) is 16.2. The van der Waals surface area contributed by atoms with Crippen molar-refractivity contribution in [2.45, 2.75) is 0 Å². The molecule has 6 heteroatoms. The number of carbonyl (C=O) groups is 2. The van der Waals surface area contributed by atoms with Crippen LogP contribution in [0.25, 0.3) is 12.2 Å². The van der Waals surface area contributed by atoms with Crippen molar-refractivity contribution in [1.82, 2.24) is 15.1 Å². The third-order valence-corrected chi connectivity index (χ3v) is 5.48. The zero-order chi connectivity index (χ0) is 22.9. The molecular formula is C27H27N3O3. The van der Waals surface area contributed by atoms with E-state index in [1.807, 2.05) is 24.3 Å². The fourth-order valence-electron chi connectivity index (χ4n) is 3.66. The molecule has 1 aliphatic rings. The quantitative estimate of drug-likeness (QED) is 0.565. The zero-order valence-corrected chi connectivity index (χ0v) is 18.4. The van der Waals surface area contributed by atoms with E-state index in [0.717, 1.165) is 19.6 Å². The number of nitrogens with zero attached hydrogens (tertiary/aromatic N) is 2. The van der Waals surface area contributed by atoms with Gasteiger partial charge < -0.3 is 14.6 Å². The van der Waals surface area contributed by atoms with Crippen molar-refractivity contribution in [1.29, 1.82) is 0 Å². The summed E-state index contributed by atoms with van der Waals surface area (Å²) in [4.78, 5) is 30.0. The molecule has 1 fully saturated rings. The van der Waals surface area contributed by atoms with Crippen LogP contribution < -0.4 is 5.32 Å². The van der Waals surface area contributed by atoms with Crippen LogP contribution in [0.15, 0.2) is 95.2 Å². The summed E-state index contributed by atoms with van der Waals surface area (Å²) < 4.78 is 5.37. The van der Waals surface area contributed by atoms with Crippen LogP contribution in [0.4, 0.5) is 0 Å². The van der Waals surface area contributed by atoms with Crippen molar-refractivity contribution < 1.29 is 14.0 Å². The van der Waals surface area contributed by atoms with Crippen LogP contribution in [-0.2, 0) is 4.79 Å². The largest absolute Gasteiger partial charge is 0.465 e. The predicted octanol–water partition coefficient (Wildman–Crippen LogP) is 3.91. The molecule has 1 aromatic heterocycles. The number of benzene rings is 2. The first-order valence-electron chi connectivity index (χ1n) is 11.0. The molecule has 168 valence electrons. The number of nitrogens with one attached hydrogen (secondary N) is 1. The molecule has 2 aromatic carbocycles. The average molecular weight is 442 g/mol. The lowest BCUT2D eigenvalue weighted by atomic mass is 10.2. The molecule has 4 rings (SSSR count). The van der Waals surface area contributed by atoms with Crippen molar-refractivity contribution in [3.8, 4) is 0 Å². The lowest BCUT2D eigenvalue weighted by molar-refractivity contribution is -0.129. The van der Waals surface area contributed by atoms with E-state index in [2.05, 4.69) is 34.5 Å². The van der Waals surface area contributed by atoms with Gasteiger partial charge in [0.1, 0.15) is 11.5 Å². The molecule has 6 nitrogen and oxygen atoms in total. The van der Waals surface area contributed by atoms with Gasteiger partial charge in [0.05, 0.1) is 6.26 Å². The summed E-state index contributed by atoms with van der Waals surface area (Å²) in [5.74, 6) is -0.0296. The van der Waals surface area contributed by atoms with E-state index >= 15 is 0 Å². The lowest BCUT2D eigenvalue weighted by Crippen LogP contribution is -2.50. The topological polar surface area (TPSA) is 65.8 Å². The Balaban J connectivity index is 1.37. The second kappa shape index (κ2) is 11.1. The number of piperazine rings is 1. The van der Waals surface area contributed by atoms with Gasteiger partial charge in [0, 0.05) is 44.4 Å². The summed E-state index contributed by atoms with van der Waals surface area (Å²) in [6, 6.07) is 22.5. The van der Waals surface area contributed by atoms with E-state index < -0.39 is 0 Å². The molecule has 0 radical (unpaired) electrons. The van der Waals surface area contributed by atoms with Crippen LogP contribution in [0.3, 0.4) is 0 Å². The highest BCUT2D eigenvalue weighted by molar-refractivity contribution is 6.05. The maximum absolute atomic E-state index is 13.3. The summed E-state index contributed by atoms with van der Waals surface area (Å²) in [6.07, 6.45) is 7.38. The summed E-state index contributed by atoms with van der Waals surface area (Å²) in [6.45, 7) is 3.55. The standard InChI is InChI=1S/C27H27N3O3/c31-26(23-12-5-2-6-13-23)28-25(21-24-14-8-20-33-24)27(32)30-18-16-29(17-19-30)15-7-11-22-9-3-1-4-10-22/h1-14,20-21H,15-19H2,(H,28,31).